The molecule has 3 nitrogen and oxygen atoms in total. The van der Waals surface area contributed by atoms with Gasteiger partial charge in [0.05, 0.1) is 16.7 Å². The van der Waals surface area contributed by atoms with Gasteiger partial charge in [0.1, 0.15) is 11.2 Å². The fourth-order valence-electron chi connectivity index (χ4n) is 11.2. The van der Waals surface area contributed by atoms with E-state index in [-0.39, 0.29) is 0 Å². The molecule has 0 amide bonds. The van der Waals surface area contributed by atoms with Crippen LogP contribution in [0.15, 0.2) is 229 Å². The summed E-state index contributed by atoms with van der Waals surface area (Å²) < 4.78 is 8.62. The van der Waals surface area contributed by atoms with Gasteiger partial charge in [-0.1, -0.05) is 165 Å². The molecule has 2 heterocycles. The van der Waals surface area contributed by atoms with E-state index < -0.39 is 0 Å². The maximum atomic E-state index is 6.25. The Morgan fingerprint density at radius 2 is 1.04 bits per heavy atom. The minimum Gasteiger partial charge on any atom is -0.456 e. The van der Waals surface area contributed by atoms with Crippen molar-refractivity contribution in [3.8, 4) is 39.1 Å². The number of furan rings is 1. The maximum absolute atomic E-state index is 6.25. The van der Waals surface area contributed by atoms with Crippen molar-refractivity contribution in [1.29, 1.82) is 0 Å². The SMILES string of the molecule is c1ccc(-n2c3ccccc3c3cc(-c4ccc(N(c5cccc(-c6ccc7oc8ccccc8c7c6)c5)c5ccccc5-c5cccc6cccc(C7CCCCC7)c56)cc4)ccc32)cc1. The first-order valence-electron chi connectivity index (χ1n) is 23.9. The van der Waals surface area contributed by atoms with Crippen molar-refractivity contribution in [1.82, 2.24) is 4.57 Å². The number of rotatable bonds is 8. The summed E-state index contributed by atoms with van der Waals surface area (Å²) in [6, 6.07) is 82.4. The lowest BCUT2D eigenvalue weighted by Crippen LogP contribution is -2.11. The van der Waals surface area contributed by atoms with Crippen LogP contribution in [0.2, 0.25) is 0 Å². The standard InChI is InChI=1S/C64H48N2O/c1-3-16-44(17-4-1)52-27-14-18-45-19-15-28-56(64(45)52)53-24-7-10-29-59(53)65(51-23-13-20-46(40-51)48-35-39-63-58(42-48)55-26-9-12-31-62(55)67-63)50-36-32-43(33-37-50)47-34-38-61-57(41-47)54-25-8-11-30-60(54)66(61)49-21-5-2-6-22-49/h2,5-15,18-42,44H,1,3-4,16-17H2. The molecule has 0 N–H and O–H groups in total. The Hall–Kier alpha value is -8.14. The minimum absolute atomic E-state index is 0.574. The van der Waals surface area contributed by atoms with Crippen molar-refractivity contribution >= 4 is 71.6 Å². The Morgan fingerprint density at radius 1 is 0.403 bits per heavy atom. The van der Waals surface area contributed by atoms with Crippen LogP contribution in [-0.4, -0.2) is 4.57 Å². The van der Waals surface area contributed by atoms with Crippen LogP contribution in [0.5, 0.6) is 0 Å². The van der Waals surface area contributed by atoms with Crippen LogP contribution in [-0.2, 0) is 0 Å². The number of para-hydroxylation sites is 4. The molecule has 2 aromatic heterocycles. The van der Waals surface area contributed by atoms with Crippen LogP contribution >= 0.6 is 0 Å². The molecule has 1 aliphatic rings. The van der Waals surface area contributed by atoms with Gasteiger partial charge in [-0.05, 0) is 142 Å². The molecule has 1 aliphatic carbocycles. The molecule has 0 spiro atoms. The van der Waals surface area contributed by atoms with Crippen molar-refractivity contribution in [3.05, 3.63) is 230 Å². The summed E-state index contributed by atoms with van der Waals surface area (Å²) in [6.07, 6.45) is 6.44. The lowest BCUT2D eigenvalue weighted by molar-refractivity contribution is 0.445. The average Bonchev–Trinajstić information content (AvgIpc) is 3.94. The summed E-state index contributed by atoms with van der Waals surface area (Å²) in [5.41, 5.74) is 17.4. The van der Waals surface area contributed by atoms with Crippen LogP contribution in [0, 0.1) is 0 Å². The van der Waals surface area contributed by atoms with Gasteiger partial charge in [0, 0.05) is 44.2 Å². The number of benzene rings is 10. The van der Waals surface area contributed by atoms with E-state index in [1.807, 2.05) is 12.1 Å². The second-order valence-electron chi connectivity index (χ2n) is 18.3. The molecular weight excluding hydrogens is 813 g/mol. The number of hydrogen-bond acceptors (Lipinski definition) is 2. The average molecular weight is 861 g/mol. The highest BCUT2D eigenvalue weighted by Gasteiger charge is 2.23. The molecular formula is C64H48N2O. The second-order valence-corrected chi connectivity index (χ2v) is 18.3. The van der Waals surface area contributed by atoms with Gasteiger partial charge in [-0.25, -0.2) is 0 Å². The first kappa shape index (κ1) is 39.2. The first-order chi connectivity index (χ1) is 33.2. The van der Waals surface area contributed by atoms with Crippen molar-refractivity contribution in [2.75, 3.05) is 4.90 Å². The van der Waals surface area contributed by atoms with Gasteiger partial charge in [0.25, 0.3) is 0 Å². The number of aromatic nitrogens is 1. The predicted octanol–water partition coefficient (Wildman–Crippen LogP) is 18.4. The van der Waals surface area contributed by atoms with E-state index in [0.717, 1.165) is 50.1 Å². The van der Waals surface area contributed by atoms with Crippen molar-refractivity contribution < 1.29 is 4.42 Å². The van der Waals surface area contributed by atoms with Gasteiger partial charge in [0.2, 0.25) is 0 Å². The lowest BCUT2D eigenvalue weighted by atomic mass is 9.80. The highest BCUT2D eigenvalue weighted by molar-refractivity contribution is 6.11. The third-order valence-electron chi connectivity index (χ3n) is 14.4. The van der Waals surface area contributed by atoms with Gasteiger partial charge in [-0.2, -0.15) is 0 Å². The molecule has 0 unspecified atom stereocenters. The zero-order chi connectivity index (χ0) is 44.3. The van der Waals surface area contributed by atoms with Gasteiger partial charge >= 0.3 is 0 Å². The summed E-state index contributed by atoms with van der Waals surface area (Å²) in [5, 5.41) is 7.46. The summed E-state index contributed by atoms with van der Waals surface area (Å²) in [6.45, 7) is 0. The molecule has 0 saturated heterocycles. The largest absolute Gasteiger partial charge is 0.456 e. The summed E-state index contributed by atoms with van der Waals surface area (Å²) >= 11 is 0. The fraction of sp³-hybridized carbons (Fsp3) is 0.0938. The van der Waals surface area contributed by atoms with E-state index in [4.69, 9.17) is 4.42 Å². The van der Waals surface area contributed by atoms with Gasteiger partial charge < -0.3 is 13.9 Å². The van der Waals surface area contributed by atoms with E-state index in [1.54, 1.807) is 0 Å². The van der Waals surface area contributed by atoms with Crippen molar-refractivity contribution in [2.45, 2.75) is 38.0 Å². The van der Waals surface area contributed by atoms with Crippen LogP contribution in [0.4, 0.5) is 17.1 Å². The van der Waals surface area contributed by atoms with Crippen LogP contribution in [0.3, 0.4) is 0 Å². The smallest absolute Gasteiger partial charge is 0.135 e. The van der Waals surface area contributed by atoms with Crippen molar-refractivity contribution in [3.63, 3.8) is 0 Å². The normalized spacial score (nSPS) is 13.3. The molecule has 0 bridgehead atoms. The molecule has 0 aliphatic heterocycles. The molecule has 67 heavy (non-hydrogen) atoms. The van der Waals surface area contributed by atoms with Crippen LogP contribution in [0.1, 0.15) is 43.6 Å². The van der Waals surface area contributed by atoms with E-state index in [0.29, 0.717) is 5.92 Å². The molecule has 0 radical (unpaired) electrons. The number of fused-ring (bicyclic) bond motifs is 7. The zero-order valence-corrected chi connectivity index (χ0v) is 37.3. The lowest BCUT2D eigenvalue weighted by Gasteiger charge is -2.29. The highest BCUT2D eigenvalue weighted by Crippen LogP contribution is 2.47. The Morgan fingerprint density at radius 3 is 1.93 bits per heavy atom. The predicted molar refractivity (Wildman–Crippen MR) is 282 cm³/mol. The highest BCUT2D eigenvalue weighted by atomic mass is 16.3. The van der Waals surface area contributed by atoms with Gasteiger partial charge in [0.15, 0.2) is 0 Å². The number of nitrogens with zero attached hydrogens (tertiary/aromatic N) is 2. The van der Waals surface area contributed by atoms with Crippen LogP contribution < -0.4 is 4.90 Å². The monoisotopic (exact) mass is 860 g/mol. The number of anilines is 3. The van der Waals surface area contributed by atoms with E-state index >= 15 is 0 Å². The van der Waals surface area contributed by atoms with E-state index in [2.05, 4.69) is 222 Å². The molecule has 1 saturated carbocycles. The van der Waals surface area contributed by atoms with E-state index in [9.17, 15) is 0 Å². The van der Waals surface area contributed by atoms with Crippen LogP contribution in [0.25, 0.3) is 93.6 Å². The Bertz CT molecular complexity index is 3790. The summed E-state index contributed by atoms with van der Waals surface area (Å²) in [4.78, 5) is 2.47. The molecule has 3 heteroatoms. The Labute approximate surface area is 390 Å². The fourth-order valence-corrected chi connectivity index (χ4v) is 11.2. The third-order valence-corrected chi connectivity index (χ3v) is 14.4. The topological polar surface area (TPSA) is 21.3 Å². The molecule has 12 aromatic rings. The Balaban J connectivity index is 0.965. The molecule has 0 atom stereocenters. The zero-order valence-electron chi connectivity index (χ0n) is 37.3. The quantitative estimate of drug-likeness (QED) is 0.152. The van der Waals surface area contributed by atoms with Gasteiger partial charge in [-0.15, -0.1) is 0 Å². The third kappa shape index (κ3) is 6.81. The van der Waals surface area contributed by atoms with Crippen molar-refractivity contribution in [2.24, 2.45) is 0 Å². The second kappa shape index (κ2) is 16.4. The summed E-state index contributed by atoms with van der Waals surface area (Å²) in [5.74, 6) is 0.574. The molecule has 320 valence electrons. The first-order valence-corrected chi connectivity index (χ1v) is 23.9. The molecule has 13 rings (SSSR count). The minimum atomic E-state index is 0.574. The van der Waals surface area contributed by atoms with Gasteiger partial charge in [-0.3, -0.25) is 0 Å². The molecule has 1 fully saturated rings. The number of hydrogen-bond donors (Lipinski definition) is 0. The summed E-state index contributed by atoms with van der Waals surface area (Å²) in [7, 11) is 0. The van der Waals surface area contributed by atoms with E-state index in [1.165, 1.54) is 98.2 Å². The molecule has 10 aromatic carbocycles. The Kier molecular flexibility index (Phi) is 9.60. The maximum Gasteiger partial charge on any atom is 0.135 e.